The van der Waals surface area contributed by atoms with E-state index in [1.165, 1.54) is 37.0 Å². The van der Waals surface area contributed by atoms with Crippen molar-refractivity contribution in [2.24, 2.45) is 0 Å². The van der Waals surface area contributed by atoms with Crippen LogP contribution in [0.25, 0.3) is 0 Å². The zero-order valence-corrected chi connectivity index (χ0v) is 14.7. The largest absolute Gasteiger partial charge is 0.346 e. The standard InChI is InChI=1S/C21H25FN2O/c1-16(18-9-11-20(22)12-10-18)23-21(25)19-7-5-17(6-8-19)15-24-13-3-2-4-14-24/h5-12,16H,2-4,13-15H2,1H3,(H,23,25)/t16-/m1/s1. The molecular formula is C21H25FN2O. The van der Waals surface area contributed by atoms with Crippen LogP contribution in [0, 0.1) is 5.82 Å². The number of benzene rings is 2. The molecule has 1 saturated heterocycles. The van der Waals surface area contributed by atoms with Gasteiger partial charge in [0.15, 0.2) is 0 Å². The molecule has 1 heterocycles. The highest BCUT2D eigenvalue weighted by Gasteiger charge is 2.13. The monoisotopic (exact) mass is 340 g/mol. The molecule has 2 aromatic carbocycles. The molecule has 25 heavy (non-hydrogen) atoms. The lowest BCUT2D eigenvalue weighted by Gasteiger charge is -2.26. The van der Waals surface area contributed by atoms with Crippen LogP contribution in [0.3, 0.4) is 0 Å². The molecule has 0 radical (unpaired) electrons. The molecule has 132 valence electrons. The van der Waals surface area contributed by atoms with Gasteiger partial charge in [-0.2, -0.15) is 0 Å². The van der Waals surface area contributed by atoms with Crippen LogP contribution in [-0.4, -0.2) is 23.9 Å². The van der Waals surface area contributed by atoms with Crippen LogP contribution < -0.4 is 5.32 Å². The Morgan fingerprint density at radius 2 is 1.68 bits per heavy atom. The molecule has 0 aliphatic carbocycles. The van der Waals surface area contributed by atoms with Crippen LogP contribution in [0.5, 0.6) is 0 Å². The number of hydrogen-bond donors (Lipinski definition) is 1. The summed E-state index contributed by atoms with van der Waals surface area (Å²) in [6.07, 6.45) is 3.89. The molecule has 1 amide bonds. The van der Waals surface area contributed by atoms with Gasteiger partial charge < -0.3 is 5.32 Å². The van der Waals surface area contributed by atoms with Crippen molar-refractivity contribution in [3.8, 4) is 0 Å². The Hall–Kier alpha value is -2.20. The second-order valence-corrected chi connectivity index (χ2v) is 6.78. The van der Waals surface area contributed by atoms with Gasteiger partial charge in [0, 0.05) is 12.1 Å². The SMILES string of the molecule is C[C@@H](NC(=O)c1ccc(CN2CCCCC2)cc1)c1ccc(F)cc1. The van der Waals surface area contributed by atoms with Gasteiger partial charge in [0.2, 0.25) is 0 Å². The van der Waals surface area contributed by atoms with E-state index >= 15 is 0 Å². The minimum absolute atomic E-state index is 0.110. The van der Waals surface area contributed by atoms with Crippen LogP contribution >= 0.6 is 0 Å². The van der Waals surface area contributed by atoms with Gasteiger partial charge in [0.05, 0.1) is 6.04 Å². The van der Waals surface area contributed by atoms with Crippen molar-refractivity contribution in [2.75, 3.05) is 13.1 Å². The average molecular weight is 340 g/mol. The maximum absolute atomic E-state index is 13.0. The highest BCUT2D eigenvalue weighted by atomic mass is 19.1. The maximum Gasteiger partial charge on any atom is 0.251 e. The van der Waals surface area contributed by atoms with Crippen molar-refractivity contribution in [2.45, 2.75) is 38.8 Å². The quantitative estimate of drug-likeness (QED) is 0.880. The highest BCUT2D eigenvalue weighted by Crippen LogP contribution is 2.16. The molecule has 0 bridgehead atoms. The van der Waals surface area contributed by atoms with Crippen LogP contribution in [0.15, 0.2) is 48.5 Å². The molecule has 0 spiro atoms. The molecule has 0 saturated carbocycles. The molecule has 0 aromatic heterocycles. The topological polar surface area (TPSA) is 32.3 Å². The van der Waals surface area contributed by atoms with E-state index in [-0.39, 0.29) is 17.8 Å². The lowest BCUT2D eigenvalue weighted by molar-refractivity contribution is 0.0940. The summed E-state index contributed by atoms with van der Waals surface area (Å²) in [6.45, 7) is 5.18. The number of hydrogen-bond acceptors (Lipinski definition) is 2. The maximum atomic E-state index is 13.0. The third-order valence-electron chi connectivity index (χ3n) is 4.79. The summed E-state index contributed by atoms with van der Waals surface area (Å²) in [5, 5.41) is 2.96. The van der Waals surface area contributed by atoms with E-state index in [1.54, 1.807) is 12.1 Å². The second kappa shape index (κ2) is 8.26. The van der Waals surface area contributed by atoms with Crippen LogP contribution in [0.2, 0.25) is 0 Å². The molecule has 0 unspecified atom stereocenters. The van der Waals surface area contributed by atoms with E-state index in [2.05, 4.69) is 10.2 Å². The molecule has 3 nitrogen and oxygen atoms in total. The number of halogens is 1. The number of nitrogens with zero attached hydrogens (tertiary/aromatic N) is 1. The molecule has 1 fully saturated rings. The van der Waals surface area contributed by atoms with E-state index in [9.17, 15) is 9.18 Å². The minimum atomic E-state index is -0.272. The van der Waals surface area contributed by atoms with Gasteiger partial charge in [-0.3, -0.25) is 9.69 Å². The fourth-order valence-electron chi connectivity index (χ4n) is 3.25. The molecular weight excluding hydrogens is 315 g/mol. The van der Waals surface area contributed by atoms with Crippen LogP contribution in [-0.2, 0) is 6.54 Å². The summed E-state index contributed by atoms with van der Waals surface area (Å²) in [5.74, 6) is -0.382. The van der Waals surface area contributed by atoms with Gasteiger partial charge in [-0.15, -0.1) is 0 Å². The summed E-state index contributed by atoms with van der Waals surface area (Å²) in [6, 6.07) is 13.9. The highest BCUT2D eigenvalue weighted by molar-refractivity contribution is 5.94. The van der Waals surface area contributed by atoms with Crippen LogP contribution in [0.1, 0.15) is 53.7 Å². The number of carbonyl (C=O) groups excluding carboxylic acids is 1. The van der Waals surface area contributed by atoms with Gasteiger partial charge >= 0.3 is 0 Å². The Morgan fingerprint density at radius 3 is 2.32 bits per heavy atom. The van der Waals surface area contributed by atoms with Crippen molar-refractivity contribution < 1.29 is 9.18 Å². The lowest BCUT2D eigenvalue weighted by Crippen LogP contribution is -2.29. The zero-order chi connectivity index (χ0) is 17.6. The Balaban J connectivity index is 1.57. The molecule has 1 aliphatic rings. The van der Waals surface area contributed by atoms with E-state index < -0.39 is 0 Å². The lowest BCUT2D eigenvalue weighted by atomic mass is 10.1. The van der Waals surface area contributed by atoms with E-state index in [0.29, 0.717) is 5.56 Å². The van der Waals surface area contributed by atoms with Crippen LogP contribution in [0.4, 0.5) is 4.39 Å². The number of amides is 1. The number of nitrogens with one attached hydrogen (secondary N) is 1. The molecule has 1 N–H and O–H groups in total. The van der Waals surface area contributed by atoms with E-state index in [0.717, 1.165) is 25.2 Å². The molecule has 4 heteroatoms. The number of piperidine rings is 1. The van der Waals surface area contributed by atoms with Crippen molar-refractivity contribution in [3.05, 3.63) is 71.0 Å². The third-order valence-corrected chi connectivity index (χ3v) is 4.79. The summed E-state index contributed by atoms with van der Waals surface area (Å²) < 4.78 is 13.0. The first-order valence-corrected chi connectivity index (χ1v) is 8.99. The van der Waals surface area contributed by atoms with Crippen molar-refractivity contribution in [3.63, 3.8) is 0 Å². The van der Waals surface area contributed by atoms with E-state index in [1.807, 2.05) is 31.2 Å². The third kappa shape index (κ3) is 4.89. The Kier molecular flexibility index (Phi) is 5.82. The summed E-state index contributed by atoms with van der Waals surface area (Å²) in [5.41, 5.74) is 2.78. The smallest absolute Gasteiger partial charge is 0.251 e. The summed E-state index contributed by atoms with van der Waals surface area (Å²) in [7, 11) is 0. The van der Waals surface area contributed by atoms with Gasteiger partial charge in [0.1, 0.15) is 5.82 Å². The van der Waals surface area contributed by atoms with Gasteiger partial charge in [-0.25, -0.2) is 4.39 Å². The van der Waals surface area contributed by atoms with Gasteiger partial charge in [-0.1, -0.05) is 30.7 Å². The first-order valence-electron chi connectivity index (χ1n) is 8.99. The van der Waals surface area contributed by atoms with Crippen molar-refractivity contribution >= 4 is 5.91 Å². The molecule has 2 aromatic rings. The minimum Gasteiger partial charge on any atom is -0.346 e. The van der Waals surface area contributed by atoms with Gasteiger partial charge in [0.25, 0.3) is 5.91 Å². The zero-order valence-electron chi connectivity index (χ0n) is 14.7. The fourth-order valence-corrected chi connectivity index (χ4v) is 3.25. The molecule has 1 aliphatic heterocycles. The Labute approximate surface area is 148 Å². The van der Waals surface area contributed by atoms with Crippen molar-refractivity contribution in [1.29, 1.82) is 0 Å². The summed E-state index contributed by atoms with van der Waals surface area (Å²) >= 11 is 0. The Morgan fingerprint density at radius 1 is 1.04 bits per heavy atom. The van der Waals surface area contributed by atoms with E-state index in [4.69, 9.17) is 0 Å². The van der Waals surface area contributed by atoms with Crippen molar-refractivity contribution in [1.82, 2.24) is 10.2 Å². The second-order valence-electron chi connectivity index (χ2n) is 6.78. The number of rotatable bonds is 5. The van der Waals surface area contributed by atoms with Gasteiger partial charge in [-0.05, 0) is 68.2 Å². The summed E-state index contributed by atoms with van der Waals surface area (Å²) in [4.78, 5) is 14.9. The first kappa shape index (κ1) is 17.6. The molecule has 3 rings (SSSR count). The first-order chi connectivity index (χ1) is 12.1. The normalized spacial score (nSPS) is 16.4. The number of likely N-dealkylation sites (tertiary alicyclic amines) is 1. The molecule has 1 atom stereocenters. The predicted molar refractivity (Wildman–Crippen MR) is 97.9 cm³/mol. The fraction of sp³-hybridized carbons (Fsp3) is 0.381. The predicted octanol–water partition coefficient (Wildman–Crippen LogP) is 4.30. The number of carbonyl (C=O) groups is 1. The Bertz CT molecular complexity index is 691. The average Bonchev–Trinajstić information content (AvgIpc) is 2.63.